The third kappa shape index (κ3) is 3.43. The van der Waals surface area contributed by atoms with Crippen LogP contribution in [0.15, 0.2) is 42.6 Å². The molecule has 1 saturated heterocycles. The minimum absolute atomic E-state index is 0.106. The van der Waals surface area contributed by atoms with Crippen molar-refractivity contribution in [2.45, 2.75) is 45.3 Å². The normalized spacial score (nSPS) is 18.7. The van der Waals surface area contributed by atoms with Crippen LogP contribution in [0, 0.1) is 0 Å². The molecule has 2 heterocycles. The number of aromatic nitrogens is 1. The molecule has 5 rings (SSSR count). The Bertz CT molecular complexity index is 1040. The highest BCUT2D eigenvalue weighted by Gasteiger charge is 2.32. The fourth-order valence-electron chi connectivity index (χ4n) is 4.47. The Morgan fingerprint density at radius 3 is 2.79 bits per heavy atom. The van der Waals surface area contributed by atoms with Crippen LogP contribution >= 0.6 is 11.3 Å². The summed E-state index contributed by atoms with van der Waals surface area (Å²) < 4.78 is 5.76. The molecule has 0 amide bonds. The average Bonchev–Trinajstić information content (AvgIpc) is 3.29. The second-order valence-electron chi connectivity index (χ2n) is 8.27. The standard InChI is InChI=1S/C24H27N3OS/c1-15(2)28-22-10-7-16(13-20(22)25)24-26-14-23(29-24)19-6-3-5-18-17(19)8-9-21(18)27-11-4-12-27/h3,5-7,10,13-15,21H,4,8-9,11-12,25H2,1-2H3. The summed E-state index contributed by atoms with van der Waals surface area (Å²) >= 11 is 1.74. The second-order valence-corrected chi connectivity index (χ2v) is 9.30. The highest BCUT2D eigenvalue weighted by molar-refractivity contribution is 7.18. The van der Waals surface area contributed by atoms with Gasteiger partial charge in [0, 0.05) is 17.8 Å². The van der Waals surface area contributed by atoms with Crippen LogP contribution in [0.2, 0.25) is 0 Å². The molecule has 1 aromatic heterocycles. The number of ether oxygens (including phenoxy) is 1. The van der Waals surface area contributed by atoms with E-state index in [0.29, 0.717) is 11.7 Å². The fraction of sp³-hybridized carbons (Fsp3) is 0.375. The van der Waals surface area contributed by atoms with E-state index in [1.165, 1.54) is 47.5 Å². The smallest absolute Gasteiger partial charge is 0.142 e. The van der Waals surface area contributed by atoms with Crippen molar-refractivity contribution in [2.75, 3.05) is 18.8 Å². The highest BCUT2D eigenvalue weighted by Crippen LogP contribution is 2.44. The predicted octanol–water partition coefficient (Wildman–Crippen LogP) is 5.54. The van der Waals surface area contributed by atoms with Crippen molar-refractivity contribution >= 4 is 17.0 Å². The molecule has 150 valence electrons. The first-order valence-corrected chi connectivity index (χ1v) is 11.3. The first-order chi connectivity index (χ1) is 14.1. The van der Waals surface area contributed by atoms with Crippen LogP contribution in [0.1, 0.15) is 43.9 Å². The summed E-state index contributed by atoms with van der Waals surface area (Å²) in [5, 5.41) is 0.998. The molecule has 1 aliphatic heterocycles. The number of rotatable bonds is 5. The van der Waals surface area contributed by atoms with E-state index in [9.17, 15) is 0 Å². The minimum atomic E-state index is 0.106. The molecule has 0 spiro atoms. The van der Waals surface area contributed by atoms with Gasteiger partial charge in [0.05, 0.1) is 16.7 Å². The molecular weight excluding hydrogens is 378 g/mol. The van der Waals surface area contributed by atoms with Crippen molar-refractivity contribution in [1.29, 1.82) is 0 Å². The van der Waals surface area contributed by atoms with Gasteiger partial charge in [-0.25, -0.2) is 4.98 Å². The summed E-state index contributed by atoms with van der Waals surface area (Å²) in [5.41, 5.74) is 12.3. The van der Waals surface area contributed by atoms with Gasteiger partial charge in [-0.3, -0.25) is 4.90 Å². The number of nitrogens with two attached hydrogens (primary N) is 1. The van der Waals surface area contributed by atoms with E-state index in [1.807, 2.05) is 38.2 Å². The summed E-state index contributed by atoms with van der Waals surface area (Å²) in [7, 11) is 0. The fourth-order valence-corrected chi connectivity index (χ4v) is 5.43. The van der Waals surface area contributed by atoms with Gasteiger partial charge < -0.3 is 10.5 Å². The Balaban J connectivity index is 1.44. The lowest BCUT2D eigenvalue weighted by Crippen LogP contribution is -2.39. The Morgan fingerprint density at radius 2 is 2.07 bits per heavy atom. The van der Waals surface area contributed by atoms with Crippen molar-refractivity contribution in [1.82, 2.24) is 9.88 Å². The summed E-state index contributed by atoms with van der Waals surface area (Å²) in [5.74, 6) is 0.735. The number of hydrogen-bond donors (Lipinski definition) is 1. The van der Waals surface area contributed by atoms with Crippen molar-refractivity contribution in [2.24, 2.45) is 0 Å². The number of anilines is 1. The largest absolute Gasteiger partial charge is 0.489 e. The second kappa shape index (κ2) is 7.47. The molecule has 1 fully saturated rings. The molecule has 4 nitrogen and oxygen atoms in total. The van der Waals surface area contributed by atoms with Gasteiger partial charge in [-0.2, -0.15) is 0 Å². The van der Waals surface area contributed by atoms with Crippen LogP contribution in [0.5, 0.6) is 5.75 Å². The monoisotopic (exact) mass is 405 g/mol. The van der Waals surface area contributed by atoms with Crippen molar-refractivity contribution < 1.29 is 4.74 Å². The van der Waals surface area contributed by atoms with E-state index in [0.717, 1.165) is 22.7 Å². The zero-order chi connectivity index (χ0) is 20.0. The maximum Gasteiger partial charge on any atom is 0.142 e. The van der Waals surface area contributed by atoms with Gasteiger partial charge in [0.15, 0.2) is 0 Å². The molecule has 2 aromatic carbocycles. The number of benzene rings is 2. The Labute approximate surface area is 176 Å². The average molecular weight is 406 g/mol. The number of likely N-dealkylation sites (tertiary alicyclic amines) is 1. The van der Waals surface area contributed by atoms with Gasteiger partial charge in [-0.1, -0.05) is 18.2 Å². The zero-order valence-electron chi connectivity index (χ0n) is 17.0. The Kier molecular flexibility index (Phi) is 4.80. The molecule has 2 N–H and O–H groups in total. The molecular formula is C24H27N3OS. The van der Waals surface area contributed by atoms with Crippen molar-refractivity contribution in [3.05, 3.63) is 53.7 Å². The van der Waals surface area contributed by atoms with Gasteiger partial charge in [-0.05, 0) is 81.1 Å². The molecule has 0 saturated carbocycles. The van der Waals surface area contributed by atoms with Crippen LogP contribution in [-0.4, -0.2) is 29.1 Å². The first-order valence-electron chi connectivity index (χ1n) is 10.5. The molecule has 1 atom stereocenters. The molecule has 0 radical (unpaired) electrons. The van der Waals surface area contributed by atoms with E-state index in [2.05, 4.69) is 23.1 Å². The van der Waals surface area contributed by atoms with E-state index in [1.54, 1.807) is 11.3 Å². The van der Waals surface area contributed by atoms with Gasteiger partial charge in [0.1, 0.15) is 10.8 Å². The molecule has 0 bridgehead atoms. The number of hydrogen-bond acceptors (Lipinski definition) is 5. The molecule has 1 unspecified atom stereocenters. The minimum Gasteiger partial charge on any atom is -0.489 e. The van der Waals surface area contributed by atoms with E-state index in [-0.39, 0.29) is 6.10 Å². The van der Waals surface area contributed by atoms with E-state index in [4.69, 9.17) is 15.5 Å². The topological polar surface area (TPSA) is 51.4 Å². The first kappa shape index (κ1) is 18.6. The number of nitrogen functional groups attached to an aromatic ring is 1. The highest BCUT2D eigenvalue weighted by atomic mass is 32.1. The van der Waals surface area contributed by atoms with Crippen LogP contribution in [0.3, 0.4) is 0 Å². The van der Waals surface area contributed by atoms with Gasteiger partial charge in [0.25, 0.3) is 0 Å². The molecule has 29 heavy (non-hydrogen) atoms. The summed E-state index contributed by atoms with van der Waals surface area (Å²) in [6, 6.07) is 13.4. The van der Waals surface area contributed by atoms with Crippen molar-refractivity contribution in [3.8, 4) is 26.8 Å². The third-order valence-corrected chi connectivity index (χ3v) is 7.04. The maximum atomic E-state index is 6.21. The lowest BCUT2D eigenvalue weighted by Gasteiger charge is -2.37. The van der Waals surface area contributed by atoms with Gasteiger partial charge in [-0.15, -0.1) is 11.3 Å². The quantitative estimate of drug-likeness (QED) is 0.566. The Morgan fingerprint density at radius 1 is 1.21 bits per heavy atom. The van der Waals surface area contributed by atoms with Gasteiger partial charge >= 0.3 is 0 Å². The summed E-state index contributed by atoms with van der Waals surface area (Å²) in [6.07, 6.45) is 5.87. The Hall–Kier alpha value is -2.37. The van der Waals surface area contributed by atoms with Crippen LogP contribution in [0.25, 0.3) is 21.0 Å². The summed E-state index contributed by atoms with van der Waals surface area (Å²) in [4.78, 5) is 8.57. The number of fused-ring (bicyclic) bond motifs is 1. The van der Waals surface area contributed by atoms with E-state index < -0.39 is 0 Å². The zero-order valence-corrected chi connectivity index (χ0v) is 17.8. The molecule has 3 aromatic rings. The van der Waals surface area contributed by atoms with Crippen LogP contribution in [-0.2, 0) is 6.42 Å². The third-order valence-electron chi connectivity index (χ3n) is 5.96. The SMILES string of the molecule is CC(C)Oc1ccc(-c2ncc(-c3cccc4c3CCC4N3CCC3)s2)cc1N. The van der Waals surface area contributed by atoms with E-state index >= 15 is 0 Å². The summed E-state index contributed by atoms with van der Waals surface area (Å²) in [6.45, 7) is 6.50. The lowest BCUT2D eigenvalue weighted by atomic mass is 9.99. The molecule has 2 aliphatic rings. The molecule has 1 aliphatic carbocycles. The van der Waals surface area contributed by atoms with Crippen LogP contribution in [0.4, 0.5) is 5.69 Å². The number of nitrogens with zero attached hydrogens (tertiary/aromatic N) is 2. The van der Waals surface area contributed by atoms with Gasteiger partial charge in [0.2, 0.25) is 0 Å². The predicted molar refractivity (Wildman–Crippen MR) is 120 cm³/mol. The maximum absolute atomic E-state index is 6.21. The van der Waals surface area contributed by atoms with Crippen LogP contribution < -0.4 is 10.5 Å². The number of thiazole rings is 1. The lowest BCUT2D eigenvalue weighted by molar-refractivity contribution is 0.118. The van der Waals surface area contributed by atoms with Crippen molar-refractivity contribution in [3.63, 3.8) is 0 Å². The molecule has 5 heteroatoms.